The number of nitrogens with zero attached hydrogens (tertiary/aromatic N) is 3. The average Bonchev–Trinajstić information content (AvgIpc) is 3.12. The van der Waals surface area contributed by atoms with Crippen LogP contribution in [0.2, 0.25) is 0 Å². The van der Waals surface area contributed by atoms with Crippen LogP contribution in [0.25, 0.3) is 11.5 Å². The molecule has 1 saturated heterocycles. The Morgan fingerprint density at radius 2 is 2.00 bits per heavy atom. The Hall–Kier alpha value is -2.13. The molecule has 0 atom stereocenters. The van der Waals surface area contributed by atoms with Crippen LogP contribution in [-0.4, -0.2) is 65.2 Å². The van der Waals surface area contributed by atoms with Crippen molar-refractivity contribution >= 4 is 15.9 Å². The summed E-state index contributed by atoms with van der Waals surface area (Å²) in [6.45, 7) is 1.46. The van der Waals surface area contributed by atoms with E-state index in [1.54, 1.807) is 29.4 Å². The summed E-state index contributed by atoms with van der Waals surface area (Å²) >= 11 is 0. The van der Waals surface area contributed by atoms with Crippen molar-refractivity contribution in [1.29, 1.82) is 0 Å². The third kappa shape index (κ3) is 2.73. The van der Waals surface area contributed by atoms with Crippen molar-refractivity contribution in [2.24, 2.45) is 0 Å². The molecule has 24 heavy (non-hydrogen) atoms. The van der Waals surface area contributed by atoms with E-state index in [9.17, 15) is 13.2 Å². The average molecular weight is 350 g/mol. The van der Waals surface area contributed by atoms with E-state index in [-0.39, 0.29) is 11.2 Å². The normalized spacial score (nSPS) is 19.6. The Bertz CT molecular complexity index is 831. The molecule has 0 unspecified atom stereocenters. The quantitative estimate of drug-likeness (QED) is 0.884. The molecule has 0 bridgehead atoms. The number of aromatic nitrogens is 2. The molecule has 0 radical (unpaired) electrons. The maximum Gasteiger partial charge on any atom is 0.274 e. The molecule has 2 aromatic heterocycles. The number of hydrogen-bond donors (Lipinski definition) is 1. The van der Waals surface area contributed by atoms with Gasteiger partial charge in [-0.15, -0.1) is 0 Å². The van der Waals surface area contributed by atoms with E-state index in [2.05, 4.69) is 10.2 Å². The molecule has 2 aromatic rings. The summed E-state index contributed by atoms with van der Waals surface area (Å²) in [5.41, 5.74) is 0.943. The van der Waals surface area contributed by atoms with Crippen molar-refractivity contribution in [2.45, 2.75) is 18.1 Å². The number of rotatable bonds is 4. The molecule has 4 rings (SSSR count). The maximum absolute atomic E-state index is 12.5. The summed E-state index contributed by atoms with van der Waals surface area (Å²) in [4.78, 5) is 14.2. The SMILES string of the molecule is O=C(c1cc(-c2ccco2)[nH]n1)N1CCN(S(=O)(=O)C2CC2)CC1. The van der Waals surface area contributed by atoms with Gasteiger partial charge in [-0.25, -0.2) is 8.42 Å². The number of furan rings is 1. The van der Waals surface area contributed by atoms with Gasteiger partial charge in [0.25, 0.3) is 5.91 Å². The number of H-pyrrole nitrogens is 1. The molecule has 1 aliphatic heterocycles. The predicted octanol–water partition coefficient (Wildman–Crippen LogP) is 0.920. The van der Waals surface area contributed by atoms with E-state index in [1.807, 2.05) is 0 Å². The minimum absolute atomic E-state index is 0.201. The van der Waals surface area contributed by atoms with E-state index in [1.165, 1.54) is 4.31 Å². The van der Waals surface area contributed by atoms with E-state index >= 15 is 0 Å². The molecule has 0 spiro atoms. The first-order valence-corrected chi connectivity index (χ1v) is 9.43. The molecule has 3 heterocycles. The number of hydrogen-bond acceptors (Lipinski definition) is 5. The minimum atomic E-state index is -3.17. The van der Waals surface area contributed by atoms with Crippen LogP contribution in [0.15, 0.2) is 28.9 Å². The Morgan fingerprint density at radius 3 is 2.62 bits per heavy atom. The first-order chi connectivity index (χ1) is 11.6. The van der Waals surface area contributed by atoms with Crippen LogP contribution in [0.1, 0.15) is 23.3 Å². The topological polar surface area (TPSA) is 99.5 Å². The number of amides is 1. The summed E-state index contributed by atoms with van der Waals surface area (Å²) < 4.78 is 31.2. The predicted molar refractivity (Wildman–Crippen MR) is 85.7 cm³/mol. The number of aromatic amines is 1. The molecule has 1 N–H and O–H groups in total. The van der Waals surface area contributed by atoms with Crippen molar-refractivity contribution in [3.8, 4) is 11.5 Å². The number of carbonyl (C=O) groups is 1. The van der Waals surface area contributed by atoms with Gasteiger partial charge in [0, 0.05) is 32.2 Å². The Balaban J connectivity index is 1.41. The van der Waals surface area contributed by atoms with Crippen molar-refractivity contribution in [1.82, 2.24) is 19.4 Å². The van der Waals surface area contributed by atoms with E-state index < -0.39 is 10.0 Å². The lowest BCUT2D eigenvalue weighted by atomic mass is 10.2. The monoisotopic (exact) mass is 350 g/mol. The Morgan fingerprint density at radius 1 is 1.25 bits per heavy atom. The van der Waals surface area contributed by atoms with Crippen LogP contribution in [0.5, 0.6) is 0 Å². The fraction of sp³-hybridized carbons (Fsp3) is 0.467. The molecule has 128 valence electrons. The van der Waals surface area contributed by atoms with Crippen LogP contribution in [0.3, 0.4) is 0 Å². The van der Waals surface area contributed by atoms with Gasteiger partial charge < -0.3 is 9.32 Å². The summed E-state index contributed by atoms with van der Waals surface area (Å²) in [5, 5.41) is 6.63. The third-order valence-electron chi connectivity index (χ3n) is 4.41. The maximum atomic E-state index is 12.5. The lowest BCUT2D eigenvalue weighted by Gasteiger charge is -2.33. The highest BCUT2D eigenvalue weighted by Gasteiger charge is 2.41. The third-order valence-corrected chi connectivity index (χ3v) is 6.81. The van der Waals surface area contributed by atoms with Crippen LogP contribution in [0.4, 0.5) is 0 Å². The summed E-state index contributed by atoms with van der Waals surface area (Å²) in [7, 11) is -3.17. The van der Waals surface area contributed by atoms with Gasteiger partial charge in [0.15, 0.2) is 11.5 Å². The lowest BCUT2D eigenvalue weighted by molar-refractivity contribution is 0.0692. The van der Waals surface area contributed by atoms with E-state index in [0.29, 0.717) is 43.3 Å². The van der Waals surface area contributed by atoms with Crippen LogP contribution < -0.4 is 0 Å². The smallest absolute Gasteiger partial charge is 0.274 e. The van der Waals surface area contributed by atoms with Gasteiger partial charge in [-0.2, -0.15) is 9.40 Å². The minimum Gasteiger partial charge on any atom is -0.463 e. The zero-order chi connectivity index (χ0) is 16.7. The fourth-order valence-corrected chi connectivity index (χ4v) is 4.70. The second kappa shape index (κ2) is 5.75. The van der Waals surface area contributed by atoms with Crippen LogP contribution in [-0.2, 0) is 10.0 Å². The molecule has 1 amide bonds. The molecule has 9 heteroatoms. The zero-order valence-corrected chi connectivity index (χ0v) is 13.8. The number of piperazine rings is 1. The summed E-state index contributed by atoms with van der Waals surface area (Å²) in [5.74, 6) is 0.412. The Labute approximate surface area is 139 Å². The van der Waals surface area contributed by atoms with Gasteiger partial charge in [-0.1, -0.05) is 0 Å². The molecule has 1 saturated carbocycles. The van der Waals surface area contributed by atoms with Gasteiger partial charge in [0.1, 0.15) is 5.69 Å². The highest BCUT2D eigenvalue weighted by atomic mass is 32.2. The van der Waals surface area contributed by atoms with Crippen molar-refractivity contribution in [3.63, 3.8) is 0 Å². The van der Waals surface area contributed by atoms with Crippen molar-refractivity contribution in [3.05, 3.63) is 30.2 Å². The molecule has 2 aliphatic rings. The molecule has 8 nitrogen and oxygen atoms in total. The molecule has 1 aliphatic carbocycles. The van der Waals surface area contributed by atoms with Crippen molar-refractivity contribution in [2.75, 3.05) is 26.2 Å². The zero-order valence-electron chi connectivity index (χ0n) is 13.0. The van der Waals surface area contributed by atoms with Gasteiger partial charge >= 0.3 is 0 Å². The molecular weight excluding hydrogens is 332 g/mol. The highest BCUT2D eigenvalue weighted by Crippen LogP contribution is 2.31. The first kappa shape index (κ1) is 15.4. The van der Waals surface area contributed by atoms with Crippen molar-refractivity contribution < 1.29 is 17.6 Å². The van der Waals surface area contributed by atoms with Gasteiger partial charge in [0.2, 0.25) is 10.0 Å². The number of nitrogens with one attached hydrogen (secondary N) is 1. The first-order valence-electron chi connectivity index (χ1n) is 7.93. The number of carbonyl (C=O) groups excluding carboxylic acids is 1. The van der Waals surface area contributed by atoms with Crippen LogP contribution in [0, 0.1) is 0 Å². The fourth-order valence-electron chi connectivity index (χ4n) is 2.87. The van der Waals surface area contributed by atoms with Crippen LogP contribution >= 0.6 is 0 Å². The second-order valence-electron chi connectivity index (χ2n) is 6.08. The molecule has 2 fully saturated rings. The van der Waals surface area contributed by atoms with Gasteiger partial charge in [-0.05, 0) is 25.0 Å². The lowest BCUT2D eigenvalue weighted by Crippen LogP contribution is -2.51. The summed E-state index contributed by atoms with van der Waals surface area (Å²) in [6, 6.07) is 5.19. The van der Waals surface area contributed by atoms with Gasteiger partial charge in [-0.3, -0.25) is 9.89 Å². The van der Waals surface area contributed by atoms with Gasteiger partial charge in [0.05, 0.1) is 11.5 Å². The largest absolute Gasteiger partial charge is 0.463 e. The summed E-state index contributed by atoms with van der Waals surface area (Å²) in [6.07, 6.45) is 3.06. The van der Waals surface area contributed by atoms with E-state index in [0.717, 1.165) is 12.8 Å². The number of sulfonamides is 1. The molecular formula is C15H18N4O4S. The molecule has 0 aromatic carbocycles. The van der Waals surface area contributed by atoms with E-state index in [4.69, 9.17) is 4.42 Å². The Kier molecular flexibility index (Phi) is 3.69. The highest BCUT2D eigenvalue weighted by molar-refractivity contribution is 7.90. The standard InChI is InChI=1S/C15H18N4O4S/c20-15(13-10-12(16-17-13)14-2-1-9-23-14)18-5-7-19(8-6-18)24(21,22)11-3-4-11/h1-2,9-11H,3-8H2,(H,16,17). The second-order valence-corrected chi connectivity index (χ2v) is 8.29.